The van der Waals surface area contributed by atoms with Crippen molar-refractivity contribution in [2.24, 2.45) is 0 Å². The van der Waals surface area contributed by atoms with E-state index in [2.05, 4.69) is 9.88 Å². The number of nitrogens with zero attached hydrogens (tertiary/aromatic N) is 4. The van der Waals surface area contributed by atoms with E-state index in [-0.39, 0.29) is 10.8 Å². The Morgan fingerprint density at radius 3 is 2.31 bits per heavy atom. The third kappa shape index (κ3) is 5.01. The van der Waals surface area contributed by atoms with Crippen molar-refractivity contribution in [1.82, 2.24) is 19.1 Å². The second-order valence-electron chi connectivity index (χ2n) is 7.04. The number of sulfonamides is 1. The Morgan fingerprint density at radius 2 is 1.69 bits per heavy atom. The van der Waals surface area contributed by atoms with Gasteiger partial charge in [0.1, 0.15) is 0 Å². The molecule has 0 bridgehead atoms. The SMILES string of the molecule is CCN(CC)S(=O)(=O)c1cccc(C(=O)N2CCN(Cc3ccncc3)CC2)c1. The van der Waals surface area contributed by atoms with Gasteiger partial charge in [0.25, 0.3) is 5.91 Å². The first-order chi connectivity index (χ1) is 14.0. The molecule has 0 saturated carbocycles. The van der Waals surface area contributed by atoms with Crippen LogP contribution in [0.5, 0.6) is 0 Å². The van der Waals surface area contributed by atoms with Crippen LogP contribution in [0.3, 0.4) is 0 Å². The Bertz CT molecular complexity index is 922. The summed E-state index contributed by atoms with van der Waals surface area (Å²) in [6.45, 7) is 8.06. The van der Waals surface area contributed by atoms with Crippen molar-refractivity contribution in [1.29, 1.82) is 0 Å². The first-order valence-corrected chi connectivity index (χ1v) is 11.4. The number of carbonyl (C=O) groups excluding carboxylic acids is 1. The first kappa shape index (κ1) is 21.4. The number of hydrogen-bond acceptors (Lipinski definition) is 5. The number of hydrogen-bond donors (Lipinski definition) is 0. The zero-order valence-electron chi connectivity index (χ0n) is 17.0. The fourth-order valence-electron chi connectivity index (χ4n) is 3.54. The Hall–Kier alpha value is -2.29. The zero-order valence-corrected chi connectivity index (χ0v) is 17.8. The quantitative estimate of drug-likeness (QED) is 0.691. The molecule has 3 rings (SSSR count). The second kappa shape index (κ2) is 9.47. The lowest BCUT2D eigenvalue weighted by atomic mass is 10.1. The highest BCUT2D eigenvalue weighted by Crippen LogP contribution is 2.19. The molecule has 0 aliphatic carbocycles. The molecule has 8 heteroatoms. The van der Waals surface area contributed by atoms with Crippen LogP contribution in [-0.4, -0.2) is 72.7 Å². The Balaban J connectivity index is 1.66. The van der Waals surface area contributed by atoms with Gasteiger partial charge in [-0.15, -0.1) is 0 Å². The third-order valence-corrected chi connectivity index (χ3v) is 7.29. The van der Waals surface area contributed by atoms with E-state index >= 15 is 0 Å². The number of pyridine rings is 1. The van der Waals surface area contributed by atoms with Crippen molar-refractivity contribution in [3.05, 3.63) is 59.9 Å². The second-order valence-corrected chi connectivity index (χ2v) is 8.98. The van der Waals surface area contributed by atoms with E-state index in [0.29, 0.717) is 31.7 Å². The smallest absolute Gasteiger partial charge is 0.253 e. The average molecular weight is 417 g/mol. The van der Waals surface area contributed by atoms with Crippen LogP contribution in [0.4, 0.5) is 0 Å². The van der Waals surface area contributed by atoms with Crippen LogP contribution >= 0.6 is 0 Å². The Kier molecular flexibility index (Phi) is 7.00. The van der Waals surface area contributed by atoms with Gasteiger partial charge in [-0.2, -0.15) is 4.31 Å². The minimum atomic E-state index is -3.58. The van der Waals surface area contributed by atoms with Crippen molar-refractivity contribution in [2.75, 3.05) is 39.3 Å². The van der Waals surface area contributed by atoms with Crippen LogP contribution in [0, 0.1) is 0 Å². The van der Waals surface area contributed by atoms with Gasteiger partial charge >= 0.3 is 0 Å². The number of amides is 1. The summed E-state index contributed by atoms with van der Waals surface area (Å²) in [4.78, 5) is 21.3. The molecule has 1 saturated heterocycles. The van der Waals surface area contributed by atoms with Gasteiger partial charge < -0.3 is 4.90 Å². The molecule has 0 radical (unpaired) electrons. The van der Waals surface area contributed by atoms with E-state index in [4.69, 9.17) is 0 Å². The maximum Gasteiger partial charge on any atom is 0.253 e. The van der Waals surface area contributed by atoms with Crippen LogP contribution in [0.1, 0.15) is 29.8 Å². The molecule has 0 unspecified atom stereocenters. The first-order valence-electron chi connectivity index (χ1n) is 9.96. The van der Waals surface area contributed by atoms with Crippen LogP contribution in [0.2, 0.25) is 0 Å². The number of benzene rings is 1. The molecule has 1 aromatic heterocycles. The zero-order chi connectivity index (χ0) is 20.9. The summed E-state index contributed by atoms with van der Waals surface area (Å²) in [5.74, 6) is -0.120. The molecule has 29 heavy (non-hydrogen) atoms. The maximum absolute atomic E-state index is 12.9. The monoisotopic (exact) mass is 416 g/mol. The lowest BCUT2D eigenvalue weighted by Crippen LogP contribution is -2.48. The van der Waals surface area contributed by atoms with Crippen molar-refractivity contribution in [3.8, 4) is 0 Å². The number of rotatable bonds is 7. The Labute approximate surface area is 173 Å². The van der Waals surface area contributed by atoms with Crippen LogP contribution < -0.4 is 0 Å². The molecule has 1 fully saturated rings. The molecule has 2 heterocycles. The van der Waals surface area contributed by atoms with Crippen LogP contribution in [-0.2, 0) is 16.6 Å². The molecular weight excluding hydrogens is 388 g/mol. The Morgan fingerprint density at radius 1 is 1.03 bits per heavy atom. The van der Waals surface area contributed by atoms with Gasteiger partial charge in [-0.05, 0) is 35.9 Å². The summed E-state index contributed by atoms with van der Waals surface area (Å²) >= 11 is 0. The third-order valence-electron chi connectivity index (χ3n) is 5.24. The average Bonchev–Trinajstić information content (AvgIpc) is 2.75. The van der Waals surface area contributed by atoms with E-state index in [1.807, 2.05) is 26.0 Å². The van der Waals surface area contributed by atoms with Crippen LogP contribution in [0.15, 0.2) is 53.7 Å². The molecule has 2 aromatic rings. The van der Waals surface area contributed by atoms with Gasteiger partial charge in [0.2, 0.25) is 10.0 Å². The predicted molar refractivity (Wildman–Crippen MR) is 112 cm³/mol. The fraction of sp³-hybridized carbons (Fsp3) is 0.429. The summed E-state index contributed by atoms with van der Waals surface area (Å²) in [6, 6.07) is 10.4. The summed E-state index contributed by atoms with van der Waals surface area (Å²) in [6.07, 6.45) is 3.57. The normalized spacial score (nSPS) is 15.6. The highest BCUT2D eigenvalue weighted by atomic mass is 32.2. The van der Waals surface area contributed by atoms with Crippen molar-refractivity contribution in [2.45, 2.75) is 25.3 Å². The molecule has 1 amide bonds. The van der Waals surface area contributed by atoms with Gasteiger partial charge in [0.05, 0.1) is 4.90 Å². The highest BCUT2D eigenvalue weighted by Gasteiger charge is 2.25. The van der Waals surface area contributed by atoms with Gasteiger partial charge in [-0.3, -0.25) is 14.7 Å². The fourth-order valence-corrected chi connectivity index (χ4v) is 5.04. The van der Waals surface area contributed by atoms with Crippen LogP contribution in [0.25, 0.3) is 0 Å². The van der Waals surface area contributed by atoms with Gasteiger partial charge in [0.15, 0.2) is 0 Å². The number of aromatic nitrogens is 1. The molecular formula is C21H28N4O3S. The molecule has 1 aliphatic heterocycles. The van der Waals surface area contributed by atoms with E-state index in [1.54, 1.807) is 35.5 Å². The van der Waals surface area contributed by atoms with Crippen molar-refractivity contribution >= 4 is 15.9 Å². The van der Waals surface area contributed by atoms with Gasteiger partial charge in [0, 0.05) is 63.8 Å². The summed E-state index contributed by atoms with van der Waals surface area (Å²) in [7, 11) is -3.58. The summed E-state index contributed by atoms with van der Waals surface area (Å²) in [5.41, 5.74) is 1.62. The molecule has 156 valence electrons. The van der Waals surface area contributed by atoms with E-state index in [9.17, 15) is 13.2 Å². The van der Waals surface area contributed by atoms with Crippen molar-refractivity contribution in [3.63, 3.8) is 0 Å². The highest BCUT2D eigenvalue weighted by molar-refractivity contribution is 7.89. The molecule has 0 atom stereocenters. The largest absolute Gasteiger partial charge is 0.336 e. The lowest BCUT2D eigenvalue weighted by Gasteiger charge is -2.34. The van der Waals surface area contributed by atoms with Gasteiger partial charge in [-0.1, -0.05) is 19.9 Å². The molecule has 1 aliphatic rings. The number of piperazine rings is 1. The van der Waals surface area contributed by atoms with Crippen molar-refractivity contribution < 1.29 is 13.2 Å². The minimum absolute atomic E-state index is 0.120. The predicted octanol–water partition coefficient (Wildman–Crippen LogP) is 2.07. The standard InChI is InChI=1S/C21H28N4O3S/c1-3-25(4-2)29(27,28)20-7-5-6-19(16-20)21(26)24-14-12-23(13-15-24)17-18-8-10-22-11-9-18/h5-11,16H,3-4,12-15,17H2,1-2H3. The molecule has 1 aromatic carbocycles. The maximum atomic E-state index is 12.9. The topological polar surface area (TPSA) is 73.8 Å². The summed E-state index contributed by atoms with van der Waals surface area (Å²) in [5, 5.41) is 0. The molecule has 0 spiro atoms. The summed E-state index contributed by atoms with van der Waals surface area (Å²) < 4.78 is 26.9. The van der Waals surface area contributed by atoms with E-state index in [1.165, 1.54) is 15.9 Å². The minimum Gasteiger partial charge on any atom is -0.336 e. The number of carbonyl (C=O) groups is 1. The van der Waals surface area contributed by atoms with E-state index in [0.717, 1.165) is 19.6 Å². The lowest BCUT2D eigenvalue weighted by molar-refractivity contribution is 0.0628. The van der Waals surface area contributed by atoms with Gasteiger partial charge in [-0.25, -0.2) is 8.42 Å². The molecule has 0 N–H and O–H groups in total. The van der Waals surface area contributed by atoms with E-state index < -0.39 is 10.0 Å². The molecule has 7 nitrogen and oxygen atoms in total.